The van der Waals surface area contributed by atoms with Gasteiger partial charge in [-0.1, -0.05) is 54.1 Å². The summed E-state index contributed by atoms with van der Waals surface area (Å²) in [5.41, 5.74) is 18.3. The van der Waals surface area contributed by atoms with Crippen LogP contribution in [0, 0.1) is 6.92 Å². The van der Waals surface area contributed by atoms with E-state index in [0.717, 1.165) is 46.4 Å². The molecule has 0 amide bonds. The number of ether oxygens (including phenoxy) is 1. The van der Waals surface area contributed by atoms with E-state index in [9.17, 15) is 0 Å². The second-order valence-corrected chi connectivity index (χ2v) is 8.70. The van der Waals surface area contributed by atoms with Crippen LogP contribution >= 0.6 is 11.6 Å². The molecule has 1 heterocycles. The summed E-state index contributed by atoms with van der Waals surface area (Å²) in [7, 11) is 1.60. The van der Waals surface area contributed by atoms with Crippen molar-refractivity contribution < 1.29 is 4.74 Å². The zero-order valence-electron chi connectivity index (χ0n) is 20.8. The molecule has 0 saturated carbocycles. The third kappa shape index (κ3) is 6.18. The highest BCUT2D eigenvalue weighted by molar-refractivity contribution is 6.35. The zero-order valence-corrected chi connectivity index (χ0v) is 21.6. The molecule has 0 spiro atoms. The minimum absolute atomic E-state index is 0.0515. The van der Waals surface area contributed by atoms with E-state index in [-0.39, 0.29) is 6.04 Å². The summed E-state index contributed by atoms with van der Waals surface area (Å²) in [6.45, 7) is 10.5. The van der Waals surface area contributed by atoms with Crippen LogP contribution in [0.4, 0.5) is 0 Å². The van der Waals surface area contributed by atoms with E-state index in [1.807, 2.05) is 49.4 Å². The minimum atomic E-state index is 0.0515. The average molecular weight is 505 g/mol. The lowest BCUT2D eigenvalue weighted by Gasteiger charge is -2.16. The fourth-order valence-electron chi connectivity index (χ4n) is 3.99. The highest BCUT2D eigenvalue weighted by Gasteiger charge is 2.17. The topological polar surface area (TPSA) is 111 Å². The first-order valence-electron chi connectivity index (χ1n) is 11.7. The van der Waals surface area contributed by atoms with Crippen molar-refractivity contribution in [3.8, 4) is 28.3 Å². The number of hydrogen-bond acceptors (Lipinski definition) is 7. The summed E-state index contributed by atoms with van der Waals surface area (Å²) < 4.78 is 5.56. The van der Waals surface area contributed by atoms with Crippen LogP contribution in [0.15, 0.2) is 66.4 Å². The molecule has 3 aromatic rings. The molecule has 0 aliphatic rings. The number of nitrogens with two attached hydrogens (primary N) is 2. The molecule has 1 aromatic heterocycles. The van der Waals surface area contributed by atoms with E-state index in [4.69, 9.17) is 32.8 Å². The van der Waals surface area contributed by atoms with Crippen LogP contribution in [0.25, 0.3) is 28.1 Å². The Morgan fingerprint density at radius 3 is 2.64 bits per heavy atom. The molecule has 3 rings (SSSR count). The summed E-state index contributed by atoms with van der Waals surface area (Å²) in [5, 5.41) is 3.89. The number of hydrogen-bond donors (Lipinski definition) is 3. The monoisotopic (exact) mass is 504 g/mol. The number of allylic oxidation sites excluding steroid dienone is 1. The molecule has 188 valence electrons. The molecule has 8 heteroatoms. The molecule has 1 unspecified atom stereocenters. The first-order valence-corrected chi connectivity index (χ1v) is 12.1. The molecule has 0 aliphatic heterocycles. The van der Waals surface area contributed by atoms with Gasteiger partial charge in [-0.15, -0.1) is 6.58 Å². The van der Waals surface area contributed by atoms with Gasteiger partial charge in [0, 0.05) is 42.0 Å². The van der Waals surface area contributed by atoms with Crippen molar-refractivity contribution in [1.29, 1.82) is 0 Å². The molecule has 0 aliphatic carbocycles. The van der Waals surface area contributed by atoms with Gasteiger partial charge in [0.25, 0.3) is 0 Å². The fourth-order valence-corrected chi connectivity index (χ4v) is 4.32. The van der Waals surface area contributed by atoms with Crippen LogP contribution in [0.1, 0.15) is 29.7 Å². The Labute approximate surface area is 218 Å². The molecule has 36 heavy (non-hydrogen) atoms. The van der Waals surface area contributed by atoms with Gasteiger partial charge in [0.2, 0.25) is 5.88 Å². The maximum atomic E-state index is 6.78. The summed E-state index contributed by atoms with van der Waals surface area (Å²) in [6, 6.07) is 11.8. The first kappa shape index (κ1) is 27.1. The predicted molar refractivity (Wildman–Crippen MR) is 150 cm³/mol. The van der Waals surface area contributed by atoms with Crippen molar-refractivity contribution in [2.75, 3.05) is 13.7 Å². The third-order valence-corrected chi connectivity index (χ3v) is 6.36. The number of methoxy groups -OCH3 is 1. The maximum absolute atomic E-state index is 6.78. The summed E-state index contributed by atoms with van der Waals surface area (Å²) >= 11 is 6.78. The molecule has 2 aromatic carbocycles. The Hall–Kier alpha value is -3.52. The molecule has 0 saturated heterocycles. The van der Waals surface area contributed by atoms with Crippen molar-refractivity contribution in [1.82, 2.24) is 15.3 Å². The molecule has 0 radical (unpaired) electrons. The lowest BCUT2D eigenvalue weighted by molar-refractivity contribution is 0.387. The number of nitrogens with zero attached hydrogens (tertiary/aromatic N) is 3. The normalized spacial score (nSPS) is 12.3. The predicted octanol–water partition coefficient (Wildman–Crippen LogP) is 5.12. The molecule has 1 atom stereocenters. The van der Waals surface area contributed by atoms with Crippen LogP contribution in [0.2, 0.25) is 5.02 Å². The standard InChI is InChI=1S/C28H33ClN6O/c1-5-6-9-19(31)15-33-16-26-28(36-4)35-25(17-34-26)21-11-7-10-20(18(21)2)22-12-8-13-23(27(22)29)24(14-30)32-3/h5,7-8,10-14,17,19,33H,1,3,6,9,15-16,30-31H2,2,4H3/b24-14-. The van der Waals surface area contributed by atoms with Crippen molar-refractivity contribution >= 4 is 24.0 Å². The lowest BCUT2D eigenvalue weighted by Crippen LogP contribution is -2.33. The van der Waals surface area contributed by atoms with E-state index in [2.05, 4.69) is 28.6 Å². The maximum Gasteiger partial charge on any atom is 0.237 e. The number of aliphatic imine (C=N–C) groups is 1. The van der Waals surface area contributed by atoms with Crippen molar-refractivity contribution in [3.05, 3.63) is 83.3 Å². The quantitative estimate of drug-likeness (QED) is 0.233. The van der Waals surface area contributed by atoms with Gasteiger partial charge in [0.1, 0.15) is 5.69 Å². The molecule has 0 bridgehead atoms. The Bertz CT molecular complexity index is 1260. The number of benzene rings is 2. The Morgan fingerprint density at radius 1 is 1.22 bits per heavy atom. The third-order valence-electron chi connectivity index (χ3n) is 5.95. The lowest BCUT2D eigenvalue weighted by atomic mass is 9.93. The highest BCUT2D eigenvalue weighted by atomic mass is 35.5. The van der Waals surface area contributed by atoms with Crippen LogP contribution < -0.4 is 21.5 Å². The summed E-state index contributed by atoms with van der Waals surface area (Å²) in [6.07, 6.45) is 6.81. The molecular formula is C28H33ClN6O. The van der Waals surface area contributed by atoms with Crippen LogP contribution in [0.3, 0.4) is 0 Å². The number of aromatic nitrogens is 2. The second kappa shape index (κ2) is 13.0. The number of halogens is 1. The Morgan fingerprint density at radius 2 is 1.94 bits per heavy atom. The van der Waals surface area contributed by atoms with E-state index in [0.29, 0.717) is 35.4 Å². The summed E-state index contributed by atoms with van der Waals surface area (Å²) in [4.78, 5) is 13.4. The van der Waals surface area contributed by atoms with Gasteiger partial charge < -0.3 is 21.5 Å². The molecule has 0 fully saturated rings. The fraction of sp³-hybridized carbons (Fsp3) is 0.250. The number of nitrogens with one attached hydrogen (secondary N) is 1. The van der Waals surface area contributed by atoms with Gasteiger partial charge >= 0.3 is 0 Å². The minimum Gasteiger partial charge on any atom is -0.480 e. The number of rotatable bonds is 12. The van der Waals surface area contributed by atoms with Gasteiger partial charge in [-0.05, 0) is 37.6 Å². The van der Waals surface area contributed by atoms with Crippen molar-refractivity contribution in [3.63, 3.8) is 0 Å². The van der Waals surface area contributed by atoms with Gasteiger partial charge in [0.15, 0.2) is 0 Å². The van der Waals surface area contributed by atoms with Gasteiger partial charge in [0.05, 0.1) is 29.7 Å². The molecular weight excluding hydrogens is 472 g/mol. The second-order valence-electron chi connectivity index (χ2n) is 8.32. The van der Waals surface area contributed by atoms with Gasteiger partial charge in [-0.25, -0.2) is 4.98 Å². The van der Waals surface area contributed by atoms with Crippen molar-refractivity contribution in [2.24, 2.45) is 16.5 Å². The van der Waals surface area contributed by atoms with Crippen LogP contribution in [-0.2, 0) is 6.54 Å². The SMILES string of the molecule is C=CCCC(N)CNCc1ncc(-c2cccc(-c3cccc(/C(=C/N)N=C)c3Cl)c2C)nc1OC. The van der Waals surface area contributed by atoms with Crippen LogP contribution in [-0.4, -0.2) is 36.4 Å². The molecule has 5 N–H and O–H groups in total. The zero-order chi connectivity index (χ0) is 26.1. The highest BCUT2D eigenvalue weighted by Crippen LogP contribution is 2.38. The van der Waals surface area contributed by atoms with Crippen LogP contribution in [0.5, 0.6) is 5.88 Å². The smallest absolute Gasteiger partial charge is 0.237 e. The van der Waals surface area contributed by atoms with E-state index < -0.39 is 0 Å². The first-order chi connectivity index (χ1) is 17.4. The van der Waals surface area contributed by atoms with E-state index in [1.54, 1.807) is 13.3 Å². The largest absolute Gasteiger partial charge is 0.480 e. The average Bonchev–Trinajstić information content (AvgIpc) is 2.89. The Balaban J connectivity index is 1.91. The van der Waals surface area contributed by atoms with Gasteiger partial charge in [-0.3, -0.25) is 9.98 Å². The molecule has 7 nitrogen and oxygen atoms in total. The Kier molecular flexibility index (Phi) is 9.76. The summed E-state index contributed by atoms with van der Waals surface area (Å²) in [5.74, 6) is 0.472. The van der Waals surface area contributed by atoms with E-state index in [1.165, 1.54) is 6.20 Å². The van der Waals surface area contributed by atoms with Gasteiger partial charge in [-0.2, -0.15) is 0 Å². The van der Waals surface area contributed by atoms with E-state index >= 15 is 0 Å². The van der Waals surface area contributed by atoms with Crippen molar-refractivity contribution in [2.45, 2.75) is 32.4 Å².